The number of carbonyl (C=O) groups is 2. The van der Waals surface area contributed by atoms with Gasteiger partial charge in [0.05, 0.1) is 17.7 Å². The normalized spacial score (nSPS) is 20.3. The number of carboxylic acid groups (broad SMARTS) is 1. The molecule has 1 aliphatic rings. The quantitative estimate of drug-likeness (QED) is 0.878. The van der Waals surface area contributed by atoms with Crippen molar-refractivity contribution >= 4 is 23.5 Å². The number of hydrogen-bond acceptors (Lipinski definition) is 3. The van der Waals surface area contributed by atoms with E-state index >= 15 is 0 Å². The van der Waals surface area contributed by atoms with Crippen molar-refractivity contribution in [3.05, 3.63) is 23.1 Å². The predicted octanol–water partition coefficient (Wildman–Crippen LogP) is 1.87. The van der Waals surface area contributed by atoms with Crippen LogP contribution in [-0.2, 0) is 4.79 Å². The third-order valence-electron chi connectivity index (χ3n) is 2.91. The van der Waals surface area contributed by atoms with Crippen LogP contribution in [0.3, 0.4) is 0 Å². The number of rotatable bonds is 2. The Labute approximate surface area is 103 Å². The van der Waals surface area contributed by atoms with Gasteiger partial charge in [-0.15, -0.1) is 0 Å². The monoisotopic (exact) mass is 257 g/mol. The first-order chi connectivity index (χ1) is 8.09. The molecule has 0 unspecified atom stereocenters. The number of amides is 1. The van der Waals surface area contributed by atoms with Crippen molar-refractivity contribution in [3.8, 4) is 0 Å². The van der Waals surface area contributed by atoms with Crippen LogP contribution in [0.2, 0.25) is 5.22 Å². The summed E-state index contributed by atoms with van der Waals surface area (Å²) in [6.45, 7) is 0.791. The maximum absolute atomic E-state index is 12.0. The highest BCUT2D eigenvalue weighted by molar-refractivity contribution is 6.32. The molecule has 1 N–H and O–H groups in total. The molecule has 1 atom stereocenters. The van der Waals surface area contributed by atoms with E-state index in [-0.39, 0.29) is 23.2 Å². The lowest BCUT2D eigenvalue weighted by atomic mass is 9.98. The first kappa shape index (κ1) is 12.0. The van der Waals surface area contributed by atoms with Gasteiger partial charge in [-0.3, -0.25) is 9.59 Å². The van der Waals surface area contributed by atoms with Crippen molar-refractivity contribution < 1.29 is 19.1 Å². The van der Waals surface area contributed by atoms with Gasteiger partial charge in [-0.05, 0) is 30.5 Å². The molecule has 1 amide bonds. The first-order valence-corrected chi connectivity index (χ1v) is 5.72. The van der Waals surface area contributed by atoms with Crippen LogP contribution in [-0.4, -0.2) is 35.0 Å². The van der Waals surface area contributed by atoms with Gasteiger partial charge in [-0.25, -0.2) is 0 Å². The molecule has 92 valence electrons. The van der Waals surface area contributed by atoms with E-state index in [9.17, 15) is 9.59 Å². The minimum absolute atomic E-state index is 0.0486. The Morgan fingerprint density at radius 2 is 2.29 bits per heavy atom. The zero-order valence-corrected chi connectivity index (χ0v) is 9.81. The van der Waals surface area contributed by atoms with Crippen LogP contribution in [0, 0.1) is 5.92 Å². The first-order valence-electron chi connectivity index (χ1n) is 5.34. The van der Waals surface area contributed by atoms with Crippen LogP contribution in [0.1, 0.15) is 23.2 Å². The Hall–Kier alpha value is -1.49. The third-order valence-corrected chi connectivity index (χ3v) is 3.20. The van der Waals surface area contributed by atoms with Crippen molar-refractivity contribution in [1.82, 2.24) is 4.90 Å². The number of carboxylic acids is 1. The molecule has 5 nitrogen and oxygen atoms in total. The summed E-state index contributed by atoms with van der Waals surface area (Å²) in [5.74, 6) is -1.62. The highest BCUT2D eigenvalue weighted by Crippen LogP contribution is 2.23. The minimum atomic E-state index is -0.860. The van der Waals surface area contributed by atoms with Gasteiger partial charge in [-0.1, -0.05) is 0 Å². The number of carbonyl (C=O) groups excluding carboxylic acids is 1. The summed E-state index contributed by atoms with van der Waals surface area (Å²) < 4.78 is 4.85. The third kappa shape index (κ3) is 2.44. The molecule has 1 aromatic rings. The topological polar surface area (TPSA) is 70.8 Å². The maximum atomic E-state index is 12.0. The molecule has 1 aromatic heterocycles. The molecule has 0 saturated carbocycles. The van der Waals surface area contributed by atoms with E-state index in [0.717, 1.165) is 0 Å². The second-order valence-electron chi connectivity index (χ2n) is 4.04. The lowest BCUT2D eigenvalue weighted by Gasteiger charge is -2.30. The average Bonchev–Trinajstić information content (AvgIpc) is 2.74. The van der Waals surface area contributed by atoms with Crippen molar-refractivity contribution in [2.45, 2.75) is 12.8 Å². The summed E-state index contributed by atoms with van der Waals surface area (Å²) in [7, 11) is 0. The van der Waals surface area contributed by atoms with Crippen molar-refractivity contribution in [2.24, 2.45) is 5.92 Å². The Bertz CT molecular complexity index is 442. The molecule has 0 radical (unpaired) electrons. The zero-order chi connectivity index (χ0) is 12.4. The fourth-order valence-corrected chi connectivity index (χ4v) is 2.17. The molecule has 0 spiro atoms. The van der Waals surface area contributed by atoms with E-state index in [1.54, 1.807) is 0 Å². The van der Waals surface area contributed by atoms with Crippen LogP contribution >= 0.6 is 11.6 Å². The highest BCUT2D eigenvalue weighted by Gasteiger charge is 2.29. The lowest BCUT2D eigenvalue weighted by molar-refractivity contribution is -0.143. The van der Waals surface area contributed by atoms with Crippen molar-refractivity contribution in [2.75, 3.05) is 13.1 Å². The largest absolute Gasteiger partial charge is 0.481 e. The molecule has 2 heterocycles. The second-order valence-corrected chi connectivity index (χ2v) is 4.38. The lowest BCUT2D eigenvalue weighted by Crippen LogP contribution is -2.42. The van der Waals surface area contributed by atoms with Gasteiger partial charge in [0.15, 0.2) is 0 Å². The van der Waals surface area contributed by atoms with Gasteiger partial charge in [0, 0.05) is 13.1 Å². The number of halogens is 1. The maximum Gasteiger partial charge on any atom is 0.308 e. The molecule has 1 saturated heterocycles. The molecule has 1 aliphatic heterocycles. The number of furan rings is 1. The Balaban J connectivity index is 2.10. The Morgan fingerprint density at radius 3 is 2.88 bits per heavy atom. The summed E-state index contributed by atoms with van der Waals surface area (Å²) in [6, 6.07) is 1.50. The molecule has 17 heavy (non-hydrogen) atoms. The van der Waals surface area contributed by atoms with E-state index < -0.39 is 11.9 Å². The Morgan fingerprint density at radius 1 is 1.53 bits per heavy atom. The van der Waals surface area contributed by atoms with Gasteiger partial charge < -0.3 is 14.4 Å². The average molecular weight is 258 g/mol. The standard InChI is InChI=1S/C11H12ClNO4/c12-9-8(3-5-17-9)10(14)13-4-1-2-7(6-13)11(15)16/h3,5,7H,1-2,4,6H2,(H,15,16)/t7-/m0/s1. The summed E-state index contributed by atoms with van der Waals surface area (Å²) in [4.78, 5) is 24.4. The van der Waals surface area contributed by atoms with Crippen LogP contribution in [0.25, 0.3) is 0 Å². The van der Waals surface area contributed by atoms with E-state index in [1.807, 2.05) is 0 Å². The summed E-state index contributed by atoms with van der Waals surface area (Å²) in [5, 5.41) is 8.99. The van der Waals surface area contributed by atoms with Gasteiger partial charge in [0.2, 0.25) is 5.22 Å². The van der Waals surface area contributed by atoms with Crippen LogP contribution < -0.4 is 0 Å². The number of piperidine rings is 1. The van der Waals surface area contributed by atoms with Crippen LogP contribution in [0.15, 0.2) is 16.7 Å². The number of hydrogen-bond donors (Lipinski definition) is 1. The number of likely N-dealkylation sites (tertiary alicyclic amines) is 1. The van der Waals surface area contributed by atoms with Gasteiger partial charge in [-0.2, -0.15) is 0 Å². The van der Waals surface area contributed by atoms with E-state index in [1.165, 1.54) is 17.2 Å². The van der Waals surface area contributed by atoms with Gasteiger partial charge in [0.1, 0.15) is 0 Å². The van der Waals surface area contributed by atoms with E-state index in [0.29, 0.717) is 19.4 Å². The number of nitrogens with zero attached hydrogens (tertiary/aromatic N) is 1. The van der Waals surface area contributed by atoms with Gasteiger partial charge >= 0.3 is 5.97 Å². The molecule has 1 fully saturated rings. The molecular weight excluding hydrogens is 246 g/mol. The predicted molar refractivity (Wildman–Crippen MR) is 60.0 cm³/mol. The van der Waals surface area contributed by atoms with E-state index in [4.69, 9.17) is 21.1 Å². The van der Waals surface area contributed by atoms with Crippen LogP contribution in [0.4, 0.5) is 0 Å². The second kappa shape index (κ2) is 4.79. The van der Waals surface area contributed by atoms with Crippen molar-refractivity contribution in [1.29, 1.82) is 0 Å². The smallest absolute Gasteiger partial charge is 0.308 e. The SMILES string of the molecule is O=C(O)[C@H]1CCCN(C(=O)c2ccoc2Cl)C1. The van der Waals surface area contributed by atoms with Crippen LogP contribution in [0.5, 0.6) is 0 Å². The van der Waals surface area contributed by atoms with Crippen molar-refractivity contribution in [3.63, 3.8) is 0 Å². The molecule has 2 rings (SSSR count). The fraction of sp³-hybridized carbons (Fsp3) is 0.455. The minimum Gasteiger partial charge on any atom is -0.481 e. The van der Waals surface area contributed by atoms with E-state index in [2.05, 4.69) is 0 Å². The molecule has 0 aromatic carbocycles. The molecule has 0 aliphatic carbocycles. The summed E-state index contributed by atoms with van der Waals surface area (Å²) >= 11 is 5.72. The molecular formula is C11H12ClNO4. The zero-order valence-electron chi connectivity index (χ0n) is 9.06. The fourth-order valence-electron chi connectivity index (χ4n) is 1.98. The molecule has 0 bridgehead atoms. The number of aliphatic carboxylic acids is 1. The summed E-state index contributed by atoms with van der Waals surface area (Å²) in [6.07, 6.45) is 2.64. The Kier molecular flexibility index (Phi) is 3.38. The highest BCUT2D eigenvalue weighted by atomic mass is 35.5. The molecule has 6 heteroatoms. The summed E-state index contributed by atoms with van der Waals surface area (Å²) in [5.41, 5.74) is 0.290. The van der Waals surface area contributed by atoms with Gasteiger partial charge in [0.25, 0.3) is 5.91 Å².